The minimum Gasteiger partial charge on any atom is -0.380 e. The standard InChI is InChI=1S/C30H26BrF2N3O/c1-35(2)10-8-30(37,22-14-24(32)17-25(33)15-22)28-16-23(31)12-21-13-27(20-6-4-3-5-7-20)29(18-26(21)28)36-11-9-34-19-36/h3-7,9,11-19,37H,8,10H2,1-2H3. The van der Waals surface area contributed by atoms with Crippen molar-refractivity contribution in [2.24, 2.45) is 0 Å². The Morgan fingerprint density at radius 3 is 2.35 bits per heavy atom. The van der Waals surface area contributed by atoms with E-state index in [9.17, 15) is 13.9 Å². The zero-order valence-electron chi connectivity index (χ0n) is 20.5. The Bertz CT molecular complexity index is 1530. The second-order valence-corrected chi connectivity index (χ2v) is 10.4. The second kappa shape index (κ2) is 10.2. The Balaban J connectivity index is 1.83. The molecule has 188 valence electrons. The minimum atomic E-state index is -1.66. The Morgan fingerprint density at radius 2 is 1.70 bits per heavy atom. The van der Waals surface area contributed by atoms with Crippen LogP contribution in [0.3, 0.4) is 0 Å². The van der Waals surface area contributed by atoms with E-state index in [-0.39, 0.29) is 12.0 Å². The molecule has 0 aliphatic heterocycles. The largest absolute Gasteiger partial charge is 0.380 e. The molecule has 0 fully saturated rings. The van der Waals surface area contributed by atoms with E-state index >= 15 is 0 Å². The predicted molar refractivity (Wildman–Crippen MR) is 147 cm³/mol. The summed E-state index contributed by atoms with van der Waals surface area (Å²) in [6.07, 6.45) is 5.54. The van der Waals surface area contributed by atoms with Gasteiger partial charge in [0.15, 0.2) is 0 Å². The van der Waals surface area contributed by atoms with E-state index in [1.54, 1.807) is 12.5 Å². The van der Waals surface area contributed by atoms with Crippen LogP contribution >= 0.6 is 15.9 Å². The first-order valence-corrected chi connectivity index (χ1v) is 12.7. The molecule has 1 aromatic heterocycles. The van der Waals surface area contributed by atoms with Gasteiger partial charge < -0.3 is 14.6 Å². The van der Waals surface area contributed by atoms with Crippen LogP contribution in [0.25, 0.3) is 27.6 Å². The number of rotatable bonds is 7. The first-order valence-electron chi connectivity index (χ1n) is 11.9. The quantitative estimate of drug-likeness (QED) is 0.234. The van der Waals surface area contributed by atoms with Crippen molar-refractivity contribution < 1.29 is 13.9 Å². The van der Waals surface area contributed by atoms with Crippen LogP contribution in [-0.2, 0) is 5.60 Å². The highest BCUT2D eigenvalue weighted by Gasteiger charge is 2.35. The van der Waals surface area contributed by atoms with Crippen molar-refractivity contribution in [1.82, 2.24) is 14.5 Å². The Morgan fingerprint density at radius 1 is 0.973 bits per heavy atom. The molecular weight excluding hydrogens is 536 g/mol. The number of nitrogens with zero attached hydrogens (tertiary/aromatic N) is 3. The molecule has 37 heavy (non-hydrogen) atoms. The topological polar surface area (TPSA) is 41.3 Å². The van der Waals surface area contributed by atoms with Crippen molar-refractivity contribution in [3.63, 3.8) is 0 Å². The number of hydrogen-bond acceptors (Lipinski definition) is 3. The van der Waals surface area contributed by atoms with Crippen LogP contribution < -0.4 is 0 Å². The van der Waals surface area contributed by atoms with Crippen molar-refractivity contribution >= 4 is 26.7 Å². The van der Waals surface area contributed by atoms with Crippen LogP contribution in [0.4, 0.5) is 8.78 Å². The molecule has 0 spiro atoms. The number of aliphatic hydroxyl groups is 1. The highest BCUT2D eigenvalue weighted by atomic mass is 79.9. The van der Waals surface area contributed by atoms with Gasteiger partial charge in [-0.25, -0.2) is 13.8 Å². The molecule has 4 aromatic carbocycles. The van der Waals surface area contributed by atoms with E-state index in [2.05, 4.69) is 27.0 Å². The lowest BCUT2D eigenvalue weighted by molar-refractivity contribution is 0.0636. The molecule has 1 heterocycles. The SMILES string of the molecule is CN(C)CCC(O)(c1cc(F)cc(F)c1)c1cc(Br)cc2cc(-c3ccccc3)c(-n3ccnc3)cc12. The van der Waals surface area contributed by atoms with Crippen LogP contribution in [0, 0.1) is 11.6 Å². The number of imidazole rings is 1. The Kier molecular flexibility index (Phi) is 6.94. The number of halogens is 3. The molecule has 1 unspecified atom stereocenters. The lowest BCUT2D eigenvalue weighted by Gasteiger charge is -2.32. The van der Waals surface area contributed by atoms with E-state index in [1.807, 2.05) is 78.3 Å². The summed E-state index contributed by atoms with van der Waals surface area (Å²) in [5, 5.41) is 13.9. The van der Waals surface area contributed by atoms with E-state index in [0.29, 0.717) is 12.1 Å². The molecule has 7 heteroatoms. The monoisotopic (exact) mass is 561 g/mol. The summed E-state index contributed by atoms with van der Waals surface area (Å²) < 4.78 is 31.4. The van der Waals surface area contributed by atoms with Gasteiger partial charge in [-0.15, -0.1) is 0 Å². The van der Waals surface area contributed by atoms with Crippen molar-refractivity contribution in [3.05, 3.63) is 119 Å². The molecule has 5 aromatic rings. The molecule has 0 aliphatic carbocycles. The molecule has 0 radical (unpaired) electrons. The molecule has 0 saturated heterocycles. The summed E-state index contributed by atoms with van der Waals surface area (Å²) in [5.74, 6) is -1.47. The van der Waals surface area contributed by atoms with Gasteiger partial charge in [0.05, 0.1) is 12.0 Å². The normalized spacial score (nSPS) is 13.3. The summed E-state index contributed by atoms with van der Waals surface area (Å²) in [6, 6.07) is 21.2. The second-order valence-electron chi connectivity index (χ2n) is 9.45. The lowest BCUT2D eigenvalue weighted by atomic mass is 9.80. The average Bonchev–Trinajstić information content (AvgIpc) is 3.41. The van der Waals surface area contributed by atoms with Crippen molar-refractivity contribution in [3.8, 4) is 16.8 Å². The number of hydrogen-bond donors (Lipinski definition) is 1. The van der Waals surface area contributed by atoms with E-state index in [1.165, 1.54) is 12.1 Å². The van der Waals surface area contributed by atoms with Gasteiger partial charge >= 0.3 is 0 Å². The van der Waals surface area contributed by atoms with Crippen molar-refractivity contribution in [2.45, 2.75) is 12.0 Å². The summed E-state index contributed by atoms with van der Waals surface area (Å²) >= 11 is 3.61. The maximum Gasteiger partial charge on any atom is 0.126 e. The Hall–Kier alpha value is -3.39. The maximum atomic E-state index is 14.4. The summed E-state index contributed by atoms with van der Waals surface area (Å²) in [4.78, 5) is 6.17. The van der Waals surface area contributed by atoms with Crippen LogP contribution in [0.1, 0.15) is 17.5 Å². The van der Waals surface area contributed by atoms with Gasteiger partial charge in [0.1, 0.15) is 17.2 Å². The van der Waals surface area contributed by atoms with Crippen LogP contribution in [-0.4, -0.2) is 40.2 Å². The van der Waals surface area contributed by atoms with E-state index in [0.717, 1.165) is 38.1 Å². The first kappa shape index (κ1) is 25.3. The Labute approximate surface area is 223 Å². The van der Waals surface area contributed by atoms with Gasteiger partial charge in [-0.05, 0) is 84.4 Å². The summed E-state index contributed by atoms with van der Waals surface area (Å²) in [7, 11) is 3.80. The van der Waals surface area contributed by atoms with Crippen LogP contribution in [0.5, 0.6) is 0 Å². The third kappa shape index (κ3) is 5.07. The molecular formula is C30H26BrF2N3O. The van der Waals surface area contributed by atoms with Crippen molar-refractivity contribution in [1.29, 1.82) is 0 Å². The zero-order chi connectivity index (χ0) is 26.2. The lowest BCUT2D eigenvalue weighted by Crippen LogP contribution is -2.32. The fraction of sp³-hybridized carbons (Fsp3) is 0.167. The molecule has 1 N–H and O–H groups in total. The van der Waals surface area contributed by atoms with Crippen molar-refractivity contribution in [2.75, 3.05) is 20.6 Å². The summed E-state index contributed by atoms with van der Waals surface area (Å²) in [5.41, 5.74) is 1.97. The van der Waals surface area contributed by atoms with Gasteiger partial charge in [-0.1, -0.05) is 46.3 Å². The average molecular weight is 562 g/mol. The van der Waals surface area contributed by atoms with Gasteiger partial charge in [0.2, 0.25) is 0 Å². The molecule has 1 atom stereocenters. The fourth-order valence-electron chi connectivity index (χ4n) is 4.78. The first-order chi connectivity index (χ1) is 17.7. The molecule has 4 nitrogen and oxygen atoms in total. The van der Waals surface area contributed by atoms with Gasteiger partial charge in [0.25, 0.3) is 0 Å². The zero-order valence-corrected chi connectivity index (χ0v) is 22.1. The highest BCUT2D eigenvalue weighted by Crippen LogP contribution is 2.42. The maximum absolute atomic E-state index is 14.4. The third-order valence-corrected chi connectivity index (χ3v) is 7.07. The van der Waals surface area contributed by atoms with Gasteiger partial charge in [-0.2, -0.15) is 0 Å². The molecule has 5 rings (SSSR count). The fourth-order valence-corrected chi connectivity index (χ4v) is 5.26. The smallest absolute Gasteiger partial charge is 0.126 e. The number of fused-ring (bicyclic) bond motifs is 1. The minimum absolute atomic E-state index is 0.169. The number of aromatic nitrogens is 2. The van der Waals surface area contributed by atoms with Crippen LogP contribution in [0.15, 0.2) is 96.0 Å². The van der Waals surface area contributed by atoms with Gasteiger partial charge in [0, 0.05) is 35.0 Å². The highest BCUT2D eigenvalue weighted by molar-refractivity contribution is 9.10. The van der Waals surface area contributed by atoms with E-state index < -0.39 is 17.2 Å². The molecule has 0 amide bonds. The molecule has 0 bridgehead atoms. The molecule has 0 saturated carbocycles. The predicted octanol–water partition coefficient (Wildman–Crippen LogP) is 6.92. The number of benzene rings is 4. The van der Waals surface area contributed by atoms with Gasteiger partial charge in [-0.3, -0.25) is 0 Å². The summed E-state index contributed by atoms with van der Waals surface area (Å²) in [6.45, 7) is 0.499. The van der Waals surface area contributed by atoms with Crippen LogP contribution in [0.2, 0.25) is 0 Å². The molecule has 0 aliphatic rings. The third-order valence-electron chi connectivity index (χ3n) is 6.61. The van der Waals surface area contributed by atoms with E-state index in [4.69, 9.17) is 0 Å².